The summed E-state index contributed by atoms with van der Waals surface area (Å²) in [4.78, 5) is 45.5. The van der Waals surface area contributed by atoms with Crippen molar-refractivity contribution in [2.75, 3.05) is 6.54 Å². The second-order valence-corrected chi connectivity index (χ2v) is 10.8. The van der Waals surface area contributed by atoms with Crippen LogP contribution in [0.15, 0.2) is 54.6 Å². The Morgan fingerprint density at radius 3 is 2.51 bits per heavy atom. The minimum Gasteiger partial charge on any atom is -0.345 e. The number of para-hydroxylation sites is 1. The number of thiazole rings is 1. The van der Waals surface area contributed by atoms with Crippen LogP contribution in [0.5, 0.6) is 0 Å². The number of hydrogen-bond donors (Lipinski definition) is 2. The van der Waals surface area contributed by atoms with Crippen LogP contribution in [0.1, 0.15) is 68.1 Å². The zero-order valence-corrected chi connectivity index (χ0v) is 22.4. The average molecular weight is 561 g/mol. The number of benzene rings is 2. The molecule has 2 N–H and O–H groups in total. The summed E-state index contributed by atoms with van der Waals surface area (Å²) in [6.45, 7) is 2.28. The molecule has 1 aliphatic rings. The number of hydrogen-bond acceptors (Lipinski definition) is 5. The topological polar surface area (TPSA) is 91.4 Å². The van der Waals surface area contributed by atoms with Gasteiger partial charge < -0.3 is 15.5 Å². The van der Waals surface area contributed by atoms with Gasteiger partial charge >= 0.3 is 6.18 Å². The first-order chi connectivity index (χ1) is 18.6. The number of amides is 3. The van der Waals surface area contributed by atoms with E-state index in [0.717, 1.165) is 28.6 Å². The lowest BCUT2D eigenvalue weighted by atomic mass is 10.0. The number of carbonyl (C=O) groups excluding carboxylic acids is 3. The van der Waals surface area contributed by atoms with Crippen LogP contribution in [0.25, 0.3) is 10.2 Å². The molecule has 2 unspecified atom stereocenters. The van der Waals surface area contributed by atoms with Gasteiger partial charge in [0.05, 0.1) is 28.7 Å². The molecule has 3 amide bonds. The van der Waals surface area contributed by atoms with Gasteiger partial charge in [0.15, 0.2) is 0 Å². The molecule has 0 spiro atoms. The smallest absolute Gasteiger partial charge is 0.345 e. The van der Waals surface area contributed by atoms with E-state index in [1.165, 1.54) is 11.3 Å². The summed E-state index contributed by atoms with van der Waals surface area (Å²) in [6.07, 6.45) is -4.99. The van der Waals surface area contributed by atoms with Crippen LogP contribution in [0.2, 0.25) is 0 Å². The molecule has 208 valence electrons. The lowest BCUT2D eigenvalue weighted by Gasteiger charge is -2.27. The quantitative estimate of drug-likeness (QED) is 0.345. The van der Waals surface area contributed by atoms with E-state index >= 15 is 0 Å². The highest BCUT2D eigenvalue weighted by molar-refractivity contribution is 7.18. The van der Waals surface area contributed by atoms with E-state index in [2.05, 4.69) is 15.6 Å². The number of rotatable bonds is 10. The van der Waals surface area contributed by atoms with Crippen LogP contribution in [-0.4, -0.2) is 46.4 Å². The van der Waals surface area contributed by atoms with E-state index in [1.54, 1.807) is 11.8 Å². The van der Waals surface area contributed by atoms with Crippen molar-refractivity contribution < 1.29 is 27.6 Å². The molecule has 1 aliphatic heterocycles. The van der Waals surface area contributed by atoms with Gasteiger partial charge in [-0.15, -0.1) is 11.3 Å². The second-order valence-electron chi connectivity index (χ2n) is 9.70. The van der Waals surface area contributed by atoms with Gasteiger partial charge in [-0.25, -0.2) is 4.98 Å². The molecule has 4 rings (SSSR count). The third-order valence-corrected chi connectivity index (χ3v) is 7.91. The lowest BCUT2D eigenvalue weighted by Crippen LogP contribution is -2.50. The summed E-state index contributed by atoms with van der Waals surface area (Å²) >= 11 is 1.42. The maximum Gasteiger partial charge on any atom is 0.389 e. The predicted molar refractivity (Wildman–Crippen MR) is 143 cm³/mol. The number of nitrogens with zero attached hydrogens (tertiary/aromatic N) is 2. The van der Waals surface area contributed by atoms with Gasteiger partial charge in [-0.1, -0.05) is 42.5 Å². The predicted octanol–water partition coefficient (Wildman–Crippen LogP) is 5.44. The number of nitrogens with one attached hydrogen (secondary N) is 2. The van der Waals surface area contributed by atoms with Crippen molar-refractivity contribution in [3.63, 3.8) is 0 Å². The molecule has 3 atom stereocenters. The van der Waals surface area contributed by atoms with Gasteiger partial charge in [0, 0.05) is 19.4 Å². The Bertz CT molecular complexity index is 1260. The van der Waals surface area contributed by atoms with Crippen LogP contribution in [-0.2, 0) is 14.4 Å². The van der Waals surface area contributed by atoms with E-state index in [-0.39, 0.29) is 18.4 Å². The summed E-state index contributed by atoms with van der Waals surface area (Å²) in [6, 6.07) is 15.3. The van der Waals surface area contributed by atoms with Crippen LogP contribution in [0, 0.1) is 0 Å². The fraction of sp³-hybridized carbons (Fsp3) is 0.429. The number of aromatic nitrogens is 1. The number of fused-ring (bicyclic) bond motifs is 1. The third-order valence-electron chi connectivity index (χ3n) is 6.69. The number of likely N-dealkylation sites (tertiary alicyclic amines) is 1. The van der Waals surface area contributed by atoms with Gasteiger partial charge in [0.1, 0.15) is 11.0 Å². The van der Waals surface area contributed by atoms with Crippen molar-refractivity contribution in [3.05, 3.63) is 65.2 Å². The normalized spacial score (nSPS) is 17.1. The monoisotopic (exact) mass is 560 g/mol. The Labute approximate surface area is 228 Å². The maximum absolute atomic E-state index is 13.4. The molecular weight excluding hydrogens is 529 g/mol. The Morgan fingerprint density at radius 2 is 1.79 bits per heavy atom. The molecule has 2 aromatic carbocycles. The first-order valence-electron chi connectivity index (χ1n) is 13.0. The lowest BCUT2D eigenvalue weighted by molar-refractivity contribution is -0.139. The molecule has 0 bridgehead atoms. The van der Waals surface area contributed by atoms with Crippen molar-refractivity contribution in [1.82, 2.24) is 20.5 Å². The molecule has 1 saturated heterocycles. The van der Waals surface area contributed by atoms with Gasteiger partial charge in [-0.05, 0) is 43.9 Å². The van der Waals surface area contributed by atoms with E-state index in [4.69, 9.17) is 0 Å². The molecule has 0 radical (unpaired) electrons. The second kappa shape index (κ2) is 12.6. The van der Waals surface area contributed by atoms with Crippen molar-refractivity contribution in [2.24, 2.45) is 0 Å². The standard InChI is InChI=1S/C28H31F3N4O3S/c1-18(27-34-20-11-5-6-13-23(20)39-27)32-26(38)21(33-24(36)14-7-15-28(29,30)31)17-25(37)35-16-8-12-22(35)19-9-3-2-4-10-19/h2-6,9-11,13,18,21-22H,7-8,12,14-17H2,1H3,(H,32,38)(H,33,36)/t18?,21?,22-/m1/s1. The molecule has 0 saturated carbocycles. The highest BCUT2D eigenvalue weighted by Crippen LogP contribution is 2.32. The van der Waals surface area contributed by atoms with Crippen molar-refractivity contribution in [2.45, 2.75) is 69.8 Å². The Morgan fingerprint density at radius 1 is 1.08 bits per heavy atom. The average Bonchev–Trinajstić information content (AvgIpc) is 3.56. The number of alkyl halides is 3. The molecule has 11 heteroatoms. The van der Waals surface area contributed by atoms with Gasteiger partial charge in [-0.2, -0.15) is 13.2 Å². The Balaban J connectivity index is 1.46. The molecule has 7 nitrogen and oxygen atoms in total. The highest BCUT2D eigenvalue weighted by atomic mass is 32.1. The first kappa shape index (κ1) is 28.5. The molecule has 0 aliphatic carbocycles. The summed E-state index contributed by atoms with van der Waals surface area (Å²) < 4.78 is 38.6. The van der Waals surface area contributed by atoms with Crippen molar-refractivity contribution >= 4 is 39.3 Å². The zero-order chi connectivity index (χ0) is 28.0. The largest absolute Gasteiger partial charge is 0.389 e. The van der Waals surface area contributed by atoms with Crippen molar-refractivity contribution in [1.29, 1.82) is 0 Å². The Hall–Kier alpha value is -3.47. The summed E-state index contributed by atoms with van der Waals surface area (Å²) in [5.41, 5.74) is 1.79. The van der Waals surface area contributed by atoms with Crippen LogP contribution >= 0.6 is 11.3 Å². The first-order valence-corrected chi connectivity index (χ1v) is 13.8. The zero-order valence-electron chi connectivity index (χ0n) is 21.5. The fourth-order valence-electron chi connectivity index (χ4n) is 4.75. The summed E-state index contributed by atoms with van der Waals surface area (Å²) in [7, 11) is 0. The third kappa shape index (κ3) is 7.78. The molecule has 1 fully saturated rings. The van der Waals surface area contributed by atoms with E-state index in [9.17, 15) is 27.6 Å². The molecular formula is C28H31F3N4O3S. The van der Waals surface area contributed by atoms with Crippen LogP contribution in [0.4, 0.5) is 13.2 Å². The Kier molecular flexibility index (Phi) is 9.21. The van der Waals surface area contributed by atoms with Crippen molar-refractivity contribution in [3.8, 4) is 0 Å². The van der Waals surface area contributed by atoms with Crippen LogP contribution < -0.4 is 10.6 Å². The van der Waals surface area contributed by atoms with E-state index in [1.807, 2.05) is 54.6 Å². The highest BCUT2D eigenvalue weighted by Gasteiger charge is 2.34. The van der Waals surface area contributed by atoms with E-state index in [0.29, 0.717) is 11.6 Å². The molecule has 2 heterocycles. The van der Waals surface area contributed by atoms with Crippen LogP contribution in [0.3, 0.4) is 0 Å². The van der Waals surface area contributed by atoms with Gasteiger partial charge in [-0.3, -0.25) is 14.4 Å². The van der Waals surface area contributed by atoms with Gasteiger partial charge in [0.2, 0.25) is 17.7 Å². The number of carbonyl (C=O) groups is 3. The molecule has 3 aromatic rings. The fourth-order valence-corrected chi connectivity index (χ4v) is 5.72. The maximum atomic E-state index is 13.4. The number of halogens is 3. The summed E-state index contributed by atoms with van der Waals surface area (Å²) in [5, 5.41) is 6.00. The molecule has 1 aromatic heterocycles. The molecule has 39 heavy (non-hydrogen) atoms. The summed E-state index contributed by atoms with van der Waals surface area (Å²) in [5.74, 6) is -1.60. The van der Waals surface area contributed by atoms with E-state index < -0.39 is 49.3 Å². The minimum atomic E-state index is -4.37. The van der Waals surface area contributed by atoms with Gasteiger partial charge in [0.25, 0.3) is 0 Å². The minimum absolute atomic E-state index is 0.133. The SMILES string of the molecule is CC(NC(=O)C(CC(=O)N1CCC[C@@H]1c1ccccc1)NC(=O)CCCC(F)(F)F)c1nc2ccccc2s1.